The number of ether oxygens (including phenoxy) is 2. The van der Waals surface area contributed by atoms with Gasteiger partial charge in [-0.25, -0.2) is 0 Å². The van der Waals surface area contributed by atoms with E-state index < -0.39 is 0 Å². The first-order valence-electron chi connectivity index (χ1n) is 4.66. The van der Waals surface area contributed by atoms with Crippen LogP contribution in [0.25, 0.3) is 0 Å². The highest BCUT2D eigenvalue weighted by molar-refractivity contribution is 5.40. The molecule has 0 amide bonds. The van der Waals surface area contributed by atoms with Crippen molar-refractivity contribution in [2.75, 3.05) is 6.61 Å². The van der Waals surface area contributed by atoms with Crippen molar-refractivity contribution >= 4 is 0 Å². The third kappa shape index (κ3) is 1.66. The van der Waals surface area contributed by atoms with Crippen molar-refractivity contribution in [3.8, 4) is 11.5 Å². The number of benzene rings is 1. The fourth-order valence-corrected chi connectivity index (χ4v) is 1.39. The maximum absolute atomic E-state index is 5.72. The lowest BCUT2D eigenvalue weighted by Crippen LogP contribution is -2.48. The van der Waals surface area contributed by atoms with Gasteiger partial charge in [0.15, 0.2) is 11.5 Å². The van der Waals surface area contributed by atoms with E-state index >= 15 is 0 Å². The molecule has 0 spiro atoms. The van der Waals surface area contributed by atoms with Gasteiger partial charge in [-0.3, -0.25) is 11.3 Å². The van der Waals surface area contributed by atoms with E-state index in [1.807, 2.05) is 31.2 Å². The van der Waals surface area contributed by atoms with Gasteiger partial charge >= 0.3 is 0 Å². The van der Waals surface area contributed by atoms with Crippen LogP contribution >= 0.6 is 0 Å². The minimum atomic E-state index is -0.0325. The number of nitrogens with one attached hydrogen (secondary N) is 1. The summed E-state index contributed by atoms with van der Waals surface area (Å²) in [5, 5.41) is 0. The summed E-state index contributed by atoms with van der Waals surface area (Å²) >= 11 is 0. The lowest BCUT2D eigenvalue weighted by atomic mass is 10.2. The number of hydrogen-bond acceptors (Lipinski definition) is 4. The lowest BCUT2D eigenvalue weighted by molar-refractivity contribution is 0.0668. The molecule has 0 fully saturated rings. The Labute approximate surface area is 83.0 Å². The Hall–Kier alpha value is -1.26. The maximum Gasteiger partial charge on any atom is 0.161 e. The van der Waals surface area contributed by atoms with Gasteiger partial charge < -0.3 is 9.47 Å². The monoisotopic (exact) mass is 194 g/mol. The Bertz CT molecular complexity index is 317. The SMILES string of the molecule is C[C@H](NN)[C@@H]1COc2ccccc2O1. The molecule has 0 radical (unpaired) electrons. The van der Waals surface area contributed by atoms with E-state index in [0.29, 0.717) is 6.61 Å². The summed E-state index contributed by atoms with van der Waals surface area (Å²) in [5.74, 6) is 6.92. The number of para-hydroxylation sites is 2. The van der Waals surface area contributed by atoms with Crippen LogP contribution in [0.15, 0.2) is 24.3 Å². The standard InChI is InChI=1S/C10H14N2O2/c1-7(12-11)10-6-13-8-4-2-3-5-9(8)14-10/h2-5,7,10,12H,6,11H2,1H3/t7-,10-/m0/s1. The van der Waals surface area contributed by atoms with Crippen molar-refractivity contribution in [3.63, 3.8) is 0 Å². The average Bonchev–Trinajstić information content (AvgIpc) is 2.27. The molecule has 14 heavy (non-hydrogen) atoms. The van der Waals surface area contributed by atoms with Gasteiger partial charge in [-0.15, -0.1) is 0 Å². The number of fused-ring (bicyclic) bond motifs is 1. The molecule has 2 atom stereocenters. The lowest BCUT2D eigenvalue weighted by Gasteiger charge is -2.29. The van der Waals surface area contributed by atoms with Crippen LogP contribution in [0.2, 0.25) is 0 Å². The van der Waals surface area contributed by atoms with Crippen LogP contribution in [-0.2, 0) is 0 Å². The zero-order valence-electron chi connectivity index (χ0n) is 8.07. The number of hydrogen-bond donors (Lipinski definition) is 2. The number of hydrazine groups is 1. The Kier molecular flexibility index (Phi) is 2.56. The molecule has 0 unspecified atom stereocenters. The zero-order valence-corrected chi connectivity index (χ0v) is 8.07. The second-order valence-electron chi connectivity index (χ2n) is 3.37. The van der Waals surface area contributed by atoms with Gasteiger partial charge in [0.25, 0.3) is 0 Å². The summed E-state index contributed by atoms with van der Waals surface area (Å²) in [7, 11) is 0. The zero-order chi connectivity index (χ0) is 9.97. The molecule has 76 valence electrons. The summed E-state index contributed by atoms with van der Waals surface area (Å²) < 4.78 is 11.3. The van der Waals surface area contributed by atoms with Gasteiger partial charge in [0.2, 0.25) is 0 Å². The molecule has 0 aromatic heterocycles. The molecule has 1 aliphatic rings. The van der Waals surface area contributed by atoms with Crippen molar-refractivity contribution in [1.29, 1.82) is 0 Å². The molecule has 4 nitrogen and oxygen atoms in total. The van der Waals surface area contributed by atoms with E-state index in [4.69, 9.17) is 15.3 Å². The quantitative estimate of drug-likeness (QED) is 0.537. The predicted octanol–water partition coefficient (Wildman–Crippen LogP) is 0.678. The van der Waals surface area contributed by atoms with E-state index in [0.717, 1.165) is 11.5 Å². The second kappa shape index (κ2) is 3.86. The summed E-state index contributed by atoms with van der Waals surface area (Å²) in [6.07, 6.45) is -0.0325. The molecule has 4 heteroatoms. The van der Waals surface area contributed by atoms with E-state index in [-0.39, 0.29) is 12.1 Å². The molecule has 0 saturated heterocycles. The van der Waals surface area contributed by atoms with Crippen molar-refractivity contribution in [2.24, 2.45) is 5.84 Å². The second-order valence-corrected chi connectivity index (χ2v) is 3.37. The largest absolute Gasteiger partial charge is 0.486 e. The smallest absolute Gasteiger partial charge is 0.161 e. The molecule has 1 heterocycles. The van der Waals surface area contributed by atoms with Crippen LogP contribution in [0.4, 0.5) is 0 Å². The van der Waals surface area contributed by atoms with E-state index in [1.165, 1.54) is 0 Å². The Morgan fingerprint density at radius 1 is 1.43 bits per heavy atom. The van der Waals surface area contributed by atoms with Gasteiger partial charge in [-0.1, -0.05) is 12.1 Å². The molecule has 0 aliphatic carbocycles. The van der Waals surface area contributed by atoms with Gasteiger partial charge in [-0.05, 0) is 19.1 Å². The third-order valence-electron chi connectivity index (χ3n) is 2.35. The van der Waals surface area contributed by atoms with Crippen LogP contribution in [0.3, 0.4) is 0 Å². The Morgan fingerprint density at radius 2 is 2.14 bits per heavy atom. The number of rotatable bonds is 2. The number of nitrogens with two attached hydrogens (primary N) is 1. The van der Waals surface area contributed by atoms with Crippen LogP contribution in [0.5, 0.6) is 11.5 Å². The topological polar surface area (TPSA) is 56.5 Å². The fourth-order valence-electron chi connectivity index (χ4n) is 1.39. The van der Waals surface area contributed by atoms with Crippen LogP contribution in [0.1, 0.15) is 6.92 Å². The van der Waals surface area contributed by atoms with Gasteiger partial charge in [0.1, 0.15) is 12.7 Å². The molecule has 1 aromatic rings. The molecule has 0 bridgehead atoms. The van der Waals surface area contributed by atoms with Crippen LogP contribution < -0.4 is 20.7 Å². The molecular weight excluding hydrogens is 180 g/mol. The predicted molar refractivity (Wildman–Crippen MR) is 53.1 cm³/mol. The first kappa shape index (κ1) is 9.30. The summed E-state index contributed by atoms with van der Waals surface area (Å²) in [6.45, 7) is 2.49. The van der Waals surface area contributed by atoms with Gasteiger partial charge in [0, 0.05) is 0 Å². The molecule has 1 aromatic carbocycles. The molecular formula is C10H14N2O2. The minimum absolute atomic E-state index is 0.0325. The normalized spacial score (nSPS) is 21.7. The molecule has 3 N–H and O–H groups in total. The van der Waals surface area contributed by atoms with Crippen molar-refractivity contribution in [2.45, 2.75) is 19.1 Å². The Morgan fingerprint density at radius 3 is 2.86 bits per heavy atom. The van der Waals surface area contributed by atoms with Crippen LogP contribution in [-0.4, -0.2) is 18.8 Å². The van der Waals surface area contributed by atoms with E-state index in [2.05, 4.69) is 5.43 Å². The maximum atomic E-state index is 5.72. The first-order chi connectivity index (χ1) is 6.81. The van der Waals surface area contributed by atoms with Crippen molar-refractivity contribution in [1.82, 2.24) is 5.43 Å². The third-order valence-corrected chi connectivity index (χ3v) is 2.35. The summed E-state index contributed by atoms with van der Waals surface area (Å²) in [6, 6.07) is 7.71. The highest BCUT2D eigenvalue weighted by Crippen LogP contribution is 2.31. The average molecular weight is 194 g/mol. The first-order valence-corrected chi connectivity index (χ1v) is 4.66. The Balaban J connectivity index is 2.13. The highest BCUT2D eigenvalue weighted by Gasteiger charge is 2.24. The molecule has 2 rings (SSSR count). The fraction of sp³-hybridized carbons (Fsp3) is 0.400. The summed E-state index contributed by atoms with van der Waals surface area (Å²) in [5.41, 5.74) is 2.66. The van der Waals surface area contributed by atoms with Crippen molar-refractivity contribution in [3.05, 3.63) is 24.3 Å². The summed E-state index contributed by atoms with van der Waals surface area (Å²) in [4.78, 5) is 0. The highest BCUT2D eigenvalue weighted by atomic mass is 16.6. The van der Waals surface area contributed by atoms with E-state index in [1.54, 1.807) is 0 Å². The van der Waals surface area contributed by atoms with E-state index in [9.17, 15) is 0 Å². The van der Waals surface area contributed by atoms with Crippen LogP contribution in [0, 0.1) is 0 Å². The molecule has 0 saturated carbocycles. The minimum Gasteiger partial charge on any atom is -0.486 e. The van der Waals surface area contributed by atoms with Gasteiger partial charge in [0.05, 0.1) is 6.04 Å². The van der Waals surface area contributed by atoms with Gasteiger partial charge in [-0.2, -0.15) is 0 Å². The molecule has 1 aliphatic heterocycles. The van der Waals surface area contributed by atoms with Crippen molar-refractivity contribution < 1.29 is 9.47 Å².